The fourth-order valence-corrected chi connectivity index (χ4v) is 3.60. The van der Waals surface area contributed by atoms with E-state index < -0.39 is 0 Å². The zero-order valence-corrected chi connectivity index (χ0v) is 11.4. The van der Waals surface area contributed by atoms with E-state index in [4.69, 9.17) is 0 Å². The number of nitrogens with one attached hydrogen (secondary N) is 1. The van der Waals surface area contributed by atoms with E-state index in [9.17, 15) is 0 Å². The normalized spacial score (nSPS) is 19.3. The van der Waals surface area contributed by atoms with Crippen LogP contribution < -0.4 is 5.32 Å². The van der Waals surface area contributed by atoms with Crippen LogP contribution >= 0.6 is 11.3 Å². The summed E-state index contributed by atoms with van der Waals surface area (Å²) in [5, 5.41) is 6.88. The maximum absolute atomic E-state index is 4.35. The molecule has 19 heavy (non-hydrogen) atoms. The molecule has 1 aliphatic rings. The average Bonchev–Trinajstić information content (AvgIpc) is 3.18. The number of benzene rings is 1. The van der Waals surface area contributed by atoms with Crippen molar-refractivity contribution in [2.45, 2.75) is 12.3 Å². The van der Waals surface area contributed by atoms with Crippen molar-refractivity contribution in [3.63, 3.8) is 0 Å². The first-order chi connectivity index (χ1) is 9.42. The number of thiophene rings is 1. The highest BCUT2D eigenvalue weighted by Gasteiger charge is 2.20. The van der Waals surface area contributed by atoms with E-state index >= 15 is 0 Å². The SMILES string of the molecule is c1cc2cc(-n3cncc3C3CCNC3)ccc2s1. The van der Waals surface area contributed by atoms with Crippen molar-refractivity contribution in [1.29, 1.82) is 0 Å². The summed E-state index contributed by atoms with van der Waals surface area (Å²) >= 11 is 1.79. The van der Waals surface area contributed by atoms with Crippen molar-refractivity contribution in [3.8, 4) is 5.69 Å². The van der Waals surface area contributed by atoms with Gasteiger partial charge in [0.1, 0.15) is 0 Å². The Morgan fingerprint density at radius 3 is 3.21 bits per heavy atom. The van der Waals surface area contributed by atoms with E-state index in [0.29, 0.717) is 5.92 Å². The zero-order chi connectivity index (χ0) is 12.7. The van der Waals surface area contributed by atoms with E-state index in [-0.39, 0.29) is 0 Å². The van der Waals surface area contributed by atoms with E-state index in [0.717, 1.165) is 13.1 Å². The molecule has 0 aliphatic carbocycles. The van der Waals surface area contributed by atoms with Crippen molar-refractivity contribution >= 4 is 21.4 Å². The van der Waals surface area contributed by atoms with Gasteiger partial charge in [-0.2, -0.15) is 0 Å². The van der Waals surface area contributed by atoms with Gasteiger partial charge in [0.2, 0.25) is 0 Å². The Balaban J connectivity index is 1.80. The first-order valence-electron chi connectivity index (χ1n) is 6.62. The monoisotopic (exact) mass is 269 g/mol. The fourth-order valence-electron chi connectivity index (χ4n) is 2.83. The molecule has 96 valence electrons. The predicted octanol–water partition coefficient (Wildman–Crippen LogP) is 3.16. The third-order valence-electron chi connectivity index (χ3n) is 3.86. The minimum absolute atomic E-state index is 0.584. The van der Waals surface area contributed by atoms with Gasteiger partial charge in [-0.05, 0) is 48.0 Å². The molecule has 4 heteroatoms. The van der Waals surface area contributed by atoms with Crippen LogP contribution in [0.4, 0.5) is 0 Å². The Morgan fingerprint density at radius 2 is 2.32 bits per heavy atom. The molecule has 0 spiro atoms. The van der Waals surface area contributed by atoms with E-state index in [1.807, 2.05) is 12.5 Å². The van der Waals surface area contributed by atoms with Gasteiger partial charge < -0.3 is 9.88 Å². The molecule has 3 aromatic rings. The second-order valence-electron chi connectivity index (χ2n) is 5.02. The molecule has 1 atom stereocenters. The van der Waals surface area contributed by atoms with E-state index in [2.05, 4.69) is 44.5 Å². The molecule has 3 heterocycles. The summed E-state index contributed by atoms with van der Waals surface area (Å²) in [5.41, 5.74) is 2.53. The quantitative estimate of drug-likeness (QED) is 0.774. The average molecular weight is 269 g/mol. The van der Waals surface area contributed by atoms with Gasteiger partial charge in [0.05, 0.1) is 6.33 Å². The third kappa shape index (κ3) is 1.88. The molecule has 0 radical (unpaired) electrons. The van der Waals surface area contributed by atoms with E-state index in [1.165, 1.54) is 27.9 Å². The molecular formula is C15H15N3S. The van der Waals surface area contributed by atoms with Crippen LogP contribution in [-0.2, 0) is 0 Å². The molecular weight excluding hydrogens is 254 g/mol. The molecule has 0 amide bonds. The molecule has 1 saturated heterocycles. The summed E-state index contributed by atoms with van der Waals surface area (Å²) in [7, 11) is 0. The Morgan fingerprint density at radius 1 is 1.32 bits per heavy atom. The Labute approximate surface area is 115 Å². The van der Waals surface area contributed by atoms with Gasteiger partial charge in [-0.15, -0.1) is 11.3 Å². The first kappa shape index (κ1) is 11.2. The largest absolute Gasteiger partial charge is 0.316 e. The van der Waals surface area contributed by atoms with Crippen molar-refractivity contribution in [2.24, 2.45) is 0 Å². The molecule has 0 saturated carbocycles. The van der Waals surface area contributed by atoms with Crippen LogP contribution in [-0.4, -0.2) is 22.6 Å². The molecule has 0 bridgehead atoms. The number of fused-ring (bicyclic) bond motifs is 1. The van der Waals surface area contributed by atoms with Crippen LogP contribution in [0.1, 0.15) is 18.0 Å². The van der Waals surface area contributed by atoms with Crippen molar-refractivity contribution in [3.05, 3.63) is 47.9 Å². The number of nitrogens with zero attached hydrogens (tertiary/aromatic N) is 2. The number of imidazole rings is 1. The Hall–Kier alpha value is -1.65. The topological polar surface area (TPSA) is 29.9 Å². The van der Waals surface area contributed by atoms with Crippen molar-refractivity contribution in [1.82, 2.24) is 14.9 Å². The molecule has 1 aliphatic heterocycles. The van der Waals surface area contributed by atoms with Crippen LogP contribution in [0, 0.1) is 0 Å². The first-order valence-corrected chi connectivity index (χ1v) is 7.50. The lowest BCUT2D eigenvalue weighted by atomic mass is 10.1. The van der Waals surface area contributed by atoms with Gasteiger partial charge in [0, 0.05) is 34.7 Å². The molecule has 3 nitrogen and oxygen atoms in total. The summed E-state index contributed by atoms with van der Waals surface area (Å²) in [5.74, 6) is 0.584. The molecule has 1 aromatic carbocycles. The molecule has 1 fully saturated rings. The lowest BCUT2D eigenvalue weighted by Crippen LogP contribution is -2.10. The van der Waals surface area contributed by atoms with Crippen molar-refractivity contribution in [2.75, 3.05) is 13.1 Å². The van der Waals surface area contributed by atoms with Crippen molar-refractivity contribution < 1.29 is 0 Å². The van der Waals surface area contributed by atoms with Crippen LogP contribution in [0.2, 0.25) is 0 Å². The highest BCUT2D eigenvalue weighted by molar-refractivity contribution is 7.17. The van der Waals surface area contributed by atoms with Gasteiger partial charge in [-0.25, -0.2) is 4.98 Å². The molecule has 1 unspecified atom stereocenters. The minimum Gasteiger partial charge on any atom is -0.316 e. The van der Waals surface area contributed by atoms with Gasteiger partial charge in [0.15, 0.2) is 0 Å². The molecule has 4 rings (SSSR count). The summed E-state index contributed by atoms with van der Waals surface area (Å²) in [6.07, 6.45) is 5.14. The highest BCUT2D eigenvalue weighted by Crippen LogP contribution is 2.27. The standard InChI is InChI=1S/C15H15N3S/c1-2-15-11(4-6-19-15)7-13(1)18-10-17-9-14(18)12-3-5-16-8-12/h1-2,4,6-7,9-10,12,16H,3,5,8H2. The summed E-state index contributed by atoms with van der Waals surface area (Å²) < 4.78 is 3.57. The highest BCUT2D eigenvalue weighted by atomic mass is 32.1. The lowest BCUT2D eigenvalue weighted by molar-refractivity contribution is 0.714. The number of hydrogen-bond acceptors (Lipinski definition) is 3. The Bertz CT molecular complexity index is 707. The second kappa shape index (κ2) is 4.47. The number of aromatic nitrogens is 2. The third-order valence-corrected chi connectivity index (χ3v) is 4.76. The van der Waals surface area contributed by atoms with Crippen LogP contribution in [0.25, 0.3) is 15.8 Å². The Kier molecular flexibility index (Phi) is 2.64. The van der Waals surface area contributed by atoms with E-state index in [1.54, 1.807) is 11.3 Å². The molecule has 2 aromatic heterocycles. The molecule has 1 N–H and O–H groups in total. The van der Waals surface area contributed by atoms with Gasteiger partial charge in [0.25, 0.3) is 0 Å². The maximum Gasteiger partial charge on any atom is 0.0994 e. The summed E-state index contributed by atoms with van der Waals surface area (Å²) in [6, 6.07) is 8.81. The van der Waals surface area contributed by atoms with Crippen LogP contribution in [0.15, 0.2) is 42.2 Å². The summed E-state index contributed by atoms with van der Waals surface area (Å²) in [4.78, 5) is 4.35. The zero-order valence-electron chi connectivity index (χ0n) is 10.5. The number of rotatable bonds is 2. The maximum atomic E-state index is 4.35. The van der Waals surface area contributed by atoms with Crippen LogP contribution in [0.3, 0.4) is 0 Å². The van der Waals surface area contributed by atoms with Crippen LogP contribution in [0.5, 0.6) is 0 Å². The van der Waals surface area contributed by atoms with Gasteiger partial charge in [-0.3, -0.25) is 0 Å². The lowest BCUT2D eigenvalue weighted by Gasteiger charge is -2.13. The van der Waals surface area contributed by atoms with Gasteiger partial charge in [-0.1, -0.05) is 0 Å². The minimum atomic E-state index is 0.584. The second-order valence-corrected chi connectivity index (χ2v) is 5.97. The fraction of sp³-hybridized carbons (Fsp3) is 0.267. The van der Waals surface area contributed by atoms with Gasteiger partial charge >= 0.3 is 0 Å². The predicted molar refractivity (Wildman–Crippen MR) is 79.2 cm³/mol. The number of hydrogen-bond donors (Lipinski definition) is 1. The smallest absolute Gasteiger partial charge is 0.0994 e. The summed E-state index contributed by atoms with van der Waals surface area (Å²) in [6.45, 7) is 2.17.